The van der Waals surface area contributed by atoms with Gasteiger partial charge in [0.1, 0.15) is 10.9 Å². The summed E-state index contributed by atoms with van der Waals surface area (Å²) in [4.78, 5) is 10.6. The van der Waals surface area contributed by atoms with Crippen molar-refractivity contribution in [1.82, 2.24) is 14.5 Å². The van der Waals surface area contributed by atoms with Crippen molar-refractivity contribution < 1.29 is 5.11 Å². The molecule has 0 amide bonds. The minimum Gasteiger partial charge on any atom is -0.393 e. The lowest BCUT2D eigenvalue weighted by Gasteiger charge is -2.24. The molecule has 0 bridgehead atoms. The van der Waals surface area contributed by atoms with Crippen molar-refractivity contribution >= 4 is 23.4 Å². The molecule has 3 aliphatic rings. The summed E-state index contributed by atoms with van der Waals surface area (Å²) in [5.41, 5.74) is 2.30. The van der Waals surface area contributed by atoms with Gasteiger partial charge in [0.2, 0.25) is 0 Å². The van der Waals surface area contributed by atoms with Crippen molar-refractivity contribution in [2.75, 3.05) is 0 Å². The van der Waals surface area contributed by atoms with Gasteiger partial charge in [-0.05, 0) is 49.9 Å². The fraction of sp³-hybridized carbons (Fsp3) is 0.368. The Balaban J connectivity index is 1.76. The van der Waals surface area contributed by atoms with Crippen LogP contribution in [0.3, 0.4) is 0 Å². The smallest absolute Gasteiger partial charge is 0.141 e. The molecule has 0 unspecified atom stereocenters. The second kappa shape index (κ2) is 6.98. The Morgan fingerprint density at radius 3 is 2.72 bits per heavy atom. The number of halogens is 1. The molecule has 4 rings (SSSR count). The van der Waals surface area contributed by atoms with E-state index in [4.69, 9.17) is 16.6 Å². The fourth-order valence-corrected chi connectivity index (χ4v) is 4.63. The first kappa shape index (κ1) is 16.9. The molecule has 130 valence electrons. The number of hydrogen-bond acceptors (Lipinski definition) is 4. The average molecular weight is 374 g/mol. The van der Waals surface area contributed by atoms with Crippen LogP contribution in [0.5, 0.6) is 0 Å². The van der Waals surface area contributed by atoms with E-state index in [1.165, 1.54) is 4.90 Å². The molecule has 0 aromatic carbocycles. The molecular weight excluding hydrogens is 354 g/mol. The van der Waals surface area contributed by atoms with Crippen LogP contribution in [0.1, 0.15) is 37.3 Å². The number of pyridine rings is 2. The third kappa shape index (κ3) is 3.41. The molecule has 6 heteroatoms. The van der Waals surface area contributed by atoms with Crippen molar-refractivity contribution in [1.29, 1.82) is 0 Å². The van der Waals surface area contributed by atoms with Gasteiger partial charge in [-0.25, -0.2) is 9.97 Å². The van der Waals surface area contributed by atoms with E-state index < -0.39 is 0 Å². The van der Waals surface area contributed by atoms with Crippen LogP contribution in [0.15, 0.2) is 46.6 Å². The molecule has 1 N–H and O–H groups in total. The summed E-state index contributed by atoms with van der Waals surface area (Å²) in [6.45, 7) is 0. The van der Waals surface area contributed by atoms with E-state index in [1.807, 2.05) is 25.4 Å². The zero-order valence-corrected chi connectivity index (χ0v) is 15.6. The molecule has 2 aliphatic heterocycles. The second-order valence-electron chi connectivity index (χ2n) is 6.60. The van der Waals surface area contributed by atoms with Gasteiger partial charge < -0.3 is 9.67 Å². The summed E-state index contributed by atoms with van der Waals surface area (Å²) in [6.07, 6.45) is 7.21. The van der Waals surface area contributed by atoms with Crippen molar-refractivity contribution in [2.24, 2.45) is 7.05 Å². The first-order valence-corrected chi connectivity index (χ1v) is 9.73. The zero-order valence-electron chi connectivity index (χ0n) is 14.0. The Kier molecular flexibility index (Phi) is 4.71. The predicted octanol–water partition coefficient (Wildman–Crippen LogP) is 4.74. The number of rotatable bonds is 3. The van der Waals surface area contributed by atoms with Gasteiger partial charge in [0.25, 0.3) is 0 Å². The largest absolute Gasteiger partial charge is 0.393 e. The fourth-order valence-electron chi connectivity index (χ4n) is 3.48. The van der Waals surface area contributed by atoms with Crippen LogP contribution in [0, 0.1) is 0 Å². The van der Waals surface area contributed by atoms with E-state index in [2.05, 4.69) is 21.7 Å². The van der Waals surface area contributed by atoms with Crippen LogP contribution < -0.4 is 0 Å². The van der Waals surface area contributed by atoms with Crippen molar-refractivity contribution in [3.05, 3.63) is 47.4 Å². The number of fused-ring (bicyclic) bond motifs is 1. The molecule has 1 saturated carbocycles. The van der Waals surface area contributed by atoms with E-state index in [0.29, 0.717) is 10.9 Å². The van der Waals surface area contributed by atoms with E-state index in [1.54, 1.807) is 18.0 Å². The number of aliphatic hydroxyl groups is 1. The summed E-state index contributed by atoms with van der Waals surface area (Å²) >= 11 is 7.62. The Labute approximate surface area is 156 Å². The maximum absolute atomic E-state index is 9.84. The number of aromatic nitrogens is 3. The minimum atomic E-state index is -0.161. The highest BCUT2D eigenvalue weighted by molar-refractivity contribution is 7.99. The van der Waals surface area contributed by atoms with Gasteiger partial charge in [-0.2, -0.15) is 0 Å². The highest BCUT2D eigenvalue weighted by Crippen LogP contribution is 2.45. The molecule has 25 heavy (non-hydrogen) atoms. The number of hydrogen-bond donors (Lipinski definition) is 1. The molecule has 0 radical (unpaired) electrons. The molecular formula is C19H20ClN3OS. The summed E-state index contributed by atoms with van der Waals surface area (Å²) < 4.78 is 2.07. The molecule has 0 saturated heterocycles. The Bertz CT molecular complexity index is 841. The molecule has 1 aliphatic carbocycles. The van der Waals surface area contributed by atoms with Gasteiger partial charge >= 0.3 is 0 Å². The van der Waals surface area contributed by atoms with Crippen LogP contribution in [-0.2, 0) is 7.05 Å². The molecule has 1 fully saturated rings. The van der Waals surface area contributed by atoms with Gasteiger partial charge in [0, 0.05) is 35.8 Å². The summed E-state index contributed by atoms with van der Waals surface area (Å²) in [5.74, 6) is 1.39. The van der Waals surface area contributed by atoms with E-state index in [0.717, 1.165) is 47.8 Å². The summed E-state index contributed by atoms with van der Waals surface area (Å²) in [6, 6.07) is 7.99. The van der Waals surface area contributed by atoms with E-state index >= 15 is 0 Å². The quantitative estimate of drug-likeness (QED) is 0.720. The zero-order chi connectivity index (χ0) is 17.4. The van der Waals surface area contributed by atoms with Gasteiger partial charge in [-0.1, -0.05) is 23.4 Å². The van der Waals surface area contributed by atoms with Crippen molar-refractivity contribution in [2.45, 2.75) is 47.6 Å². The lowest BCUT2D eigenvalue weighted by molar-refractivity contribution is 0.121. The normalized spacial score (nSPS) is 20.9. The van der Waals surface area contributed by atoms with Crippen LogP contribution in [0.4, 0.5) is 0 Å². The van der Waals surface area contributed by atoms with Gasteiger partial charge in [0.05, 0.1) is 16.8 Å². The molecule has 0 atom stereocenters. The third-order valence-corrected chi connectivity index (χ3v) is 6.15. The molecule has 1 aromatic heterocycles. The lowest BCUT2D eigenvalue weighted by Crippen LogP contribution is -2.17. The topological polar surface area (TPSA) is 50.9 Å². The second-order valence-corrected chi connectivity index (χ2v) is 8.07. The van der Waals surface area contributed by atoms with Crippen LogP contribution in [-0.4, -0.2) is 25.7 Å². The minimum absolute atomic E-state index is 0.161. The maximum atomic E-state index is 9.84. The first-order chi connectivity index (χ1) is 12.1. The Hall–Kier alpha value is -1.56. The van der Waals surface area contributed by atoms with Crippen LogP contribution >= 0.6 is 23.4 Å². The first-order valence-electron chi connectivity index (χ1n) is 8.54. The number of nitrogens with zero attached hydrogens (tertiary/aromatic N) is 3. The van der Waals surface area contributed by atoms with Gasteiger partial charge in [-0.15, -0.1) is 0 Å². The highest BCUT2D eigenvalue weighted by atomic mass is 35.5. The van der Waals surface area contributed by atoms with Gasteiger partial charge in [-0.3, -0.25) is 0 Å². The molecule has 3 heterocycles. The lowest BCUT2D eigenvalue weighted by atomic mass is 9.85. The van der Waals surface area contributed by atoms with E-state index in [9.17, 15) is 5.11 Å². The molecule has 4 nitrogen and oxygen atoms in total. The monoisotopic (exact) mass is 373 g/mol. The number of aliphatic hydroxyl groups excluding tert-OH is 1. The van der Waals surface area contributed by atoms with Crippen molar-refractivity contribution in [3.63, 3.8) is 0 Å². The predicted molar refractivity (Wildman–Crippen MR) is 100 cm³/mol. The Morgan fingerprint density at radius 1 is 1.20 bits per heavy atom. The summed E-state index contributed by atoms with van der Waals surface area (Å²) in [7, 11) is 2.03. The standard InChI is InChI=1S/C19H20ClN3OS/c1-23-10-2-3-15-18(25-16-9-6-13(20)11-21-16)17(22-19(15)23)12-4-7-14(24)8-5-12/h2-3,6,9-12,14,24H,4-5,7-8H2,1H3. The highest BCUT2D eigenvalue weighted by Gasteiger charge is 2.29. The molecule has 1 aromatic rings. The average Bonchev–Trinajstić information content (AvgIpc) is 2.98. The van der Waals surface area contributed by atoms with Crippen LogP contribution in [0.25, 0.3) is 11.4 Å². The van der Waals surface area contributed by atoms with Gasteiger partial charge in [0.15, 0.2) is 0 Å². The van der Waals surface area contributed by atoms with Crippen LogP contribution in [0.2, 0.25) is 5.02 Å². The third-order valence-electron chi connectivity index (χ3n) is 4.84. The SMILES string of the molecule is Cn1cccc2c(Sc3ccc(Cl)cn3)c(C3CCC(O)CC3)nc1-2. The Morgan fingerprint density at radius 2 is 2.00 bits per heavy atom. The van der Waals surface area contributed by atoms with Crippen molar-refractivity contribution in [3.8, 4) is 11.4 Å². The summed E-state index contributed by atoms with van der Waals surface area (Å²) in [5, 5.41) is 11.4. The maximum Gasteiger partial charge on any atom is 0.141 e. The molecule has 0 spiro atoms. The van der Waals surface area contributed by atoms with E-state index in [-0.39, 0.29) is 6.10 Å². The number of aryl methyl sites for hydroxylation is 1.